The van der Waals surface area contributed by atoms with Crippen LogP contribution >= 0.6 is 0 Å². The Balaban J connectivity index is 1.55. The molecule has 4 nitrogen and oxygen atoms in total. The molecule has 0 spiro atoms. The Kier molecular flexibility index (Phi) is 5.64. The molecule has 0 radical (unpaired) electrons. The second-order valence-corrected chi connectivity index (χ2v) is 8.16. The molecule has 0 aliphatic carbocycles. The maximum atomic E-state index is 12.8. The summed E-state index contributed by atoms with van der Waals surface area (Å²) in [5.41, 5.74) is 3.04. The second kappa shape index (κ2) is 7.95. The summed E-state index contributed by atoms with van der Waals surface area (Å²) in [6, 6.07) is 17.7. The minimum absolute atomic E-state index is 0.0469. The van der Waals surface area contributed by atoms with Gasteiger partial charge in [-0.15, -0.1) is 0 Å². The Morgan fingerprint density at radius 1 is 0.815 bits per heavy atom. The van der Waals surface area contributed by atoms with Crippen molar-refractivity contribution in [2.75, 3.05) is 26.2 Å². The van der Waals surface area contributed by atoms with Crippen LogP contribution in [-0.2, 0) is 16.6 Å². The molecule has 0 unspecified atom stereocenters. The van der Waals surface area contributed by atoms with Crippen molar-refractivity contribution in [1.82, 2.24) is 9.80 Å². The van der Waals surface area contributed by atoms with Crippen molar-refractivity contribution in [3.63, 3.8) is 0 Å². The normalized spacial score (nSPS) is 14.9. The number of carbonyl (C=O) groups is 2. The number of amides is 2. The molecular weight excluding hydrogens is 336 g/mol. The molecule has 3 rings (SSSR count). The van der Waals surface area contributed by atoms with Crippen molar-refractivity contribution in [3.05, 3.63) is 71.3 Å². The fraction of sp³-hybridized carbons (Fsp3) is 0.391. The van der Waals surface area contributed by atoms with E-state index in [0.717, 1.165) is 5.56 Å². The molecule has 1 heterocycles. The van der Waals surface area contributed by atoms with Crippen LogP contribution < -0.4 is 0 Å². The van der Waals surface area contributed by atoms with Gasteiger partial charge in [-0.3, -0.25) is 9.59 Å². The van der Waals surface area contributed by atoms with Crippen LogP contribution in [0.25, 0.3) is 0 Å². The van der Waals surface area contributed by atoms with Gasteiger partial charge in [0.05, 0.1) is 6.42 Å². The molecule has 0 saturated carbocycles. The number of carbonyl (C=O) groups excluding carboxylic acids is 2. The molecule has 1 fully saturated rings. The molecule has 142 valence electrons. The topological polar surface area (TPSA) is 40.6 Å². The predicted molar refractivity (Wildman–Crippen MR) is 108 cm³/mol. The average Bonchev–Trinajstić information content (AvgIpc) is 2.68. The summed E-state index contributed by atoms with van der Waals surface area (Å²) >= 11 is 0. The minimum Gasteiger partial charge on any atom is -0.339 e. The summed E-state index contributed by atoms with van der Waals surface area (Å²) in [7, 11) is 0. The molecular formula is C23H28N2O2. The maximum absolute atomic E-state index is 12.8. The molecule has 0 atom stereocenters. The molecule has 0 N–H and O–H groups in total. The van der Waals surface area contributed by atoms with Crippen LogP contribution in [0.15, 0.2) is 54.6 Å². The van der Waals surface area contributed by atoms with Gasteiger partial charge in [0, 0.05) is 31.7 Å². The molecule has 2 amide bonds. The molecule has 1 aliphatic rings. The van der Waals surface area contributed by atoms with Gasteiger partial charge >= 0.3 is 0 Å². The van der Waals surface area contributed by atoms with E-state index in [9.17, 15) is 9.59 Å². The SMILES string of the molecule is CC(C)(C)c1ccc(C(=O)N2CCN(C(=O)Cc3ccccc3)CC2)cc1. The largest absolute Gasteiger partial charge is 0.339 e. The lowest BCUT2D eigenvalue weighted by atomic mass is 9.86. The first-order valence-corrected chi connectivity index (χ1v) is 9.56. The Labute approximate surface area is 161 Å². The smallest absolute Gasteiger partial charge is 0.253 e. The van der Waals surface area contributed by atoms with Crippen LogP contribution in [0.2, 0.25) is 0 Å². The highest BCUT2D eigenvalue weighted by molar-refractivity contribution is 5.94. The number of rotatable bonds is 3. The summed E-state index contributed by atoms with van der Waals surface area (Å²) in [6.45, 7) is 8.84. The number of nitrogens with zero attached hydrogens (tertiary/aromatic N) is 2. The fourth-order valence-corrected chi connectivity index (χ4v) is 3.34. The van der Waals surface area contributed by atoms with Gasteiger partial charge in [0.2, 0.25) is 5.91 Å². The highest BCUT2D eigenvalue weighted by Gasteiger charge is 2.25. The van der Waals surface area contributed by atoms with Gasteiger partial charge in [0.1, 0.15) is 0 Å². The van der Waals surface area contributed by atoms with E-state index < -0.39 is 0 Å². The summed E-state index contributed by atoms with van der Waals surface area (Å²) in [5.74, 6) is 0.174. The van der Waals surface area contributed by atoms with E-state index >= 15 is 0 Å². The maximum Gasteiger partial charge on any atom is 0.253 e. The van der Waals surface area contributed by atoms with Crippen molar-refractivity contribution < 1.29 is 9.59 Å². The lowest BCUT2D eigenvalue weighted by molar-refractivity contribution is -0.131. The van der Waals surface area contributed by atoms with E-state index in [0.29, 0.717) is 38.2 Å². The van der Waals surface area contributed by atoms with Crippen molar-refractivity contribution in [2.45, 2.75) is 32.6 Å². The molecule has 27 heavy (non-hydrogen) atoms. The number of piperazine rings is 1. The van der Waals surface area contributed by atoms with Gasteiger partial charge < -0.3 is 9.80 Å². The first kappa shape index (κ1) is 19.2. The average molecular weight is 364 g/mol. The Morgan fingerprint density at radius 2 is 1.37 bits per heavy atom. The van der Waals surface area contributed by atoms with E-state index in [1.807, 2.05) is 64.4 Å². The van der Waals surface area contributed by atoms with Gasteiger partial charge in [-0.1, -0.05) is 63.2 Å². The Bertz CT molecular complexity index is 783. The first-order chi connectivity index (χ1) is 12.8. The monoisotopic (exact) mass is 364 g/mol. The van der Waals surface area contributed by atoms with Crippen LogP contribution in [0.1, 0.15) is 42.3 Å². The third kappa shape index (κ3) is 4.76. The zero-order chi connectivity index (χ0) is 19.4. The van der Waals surface area contributed by atoms with Crippen molar-refractivity contribution >= 4 is 11.8 Å². The van der Waals surface area contributed by atoms with E-state index in [-0.39, 0.29) is 17.2 Å². The van der Waals surface area contributed by atoms with Gasteiger partial charge in [-0.05, 0) is 28.7 Å². The molecule has 1 saturated heterocycles. The van der Waals surface area contributed by atoms with Crippen LogP contribution in [-0.4, -0.2) is 47.8 Å². The van der Waals surface area contributed by atoms with E-state index in [2.05, 4.69) is 20.8 Å². The lowest BCUT2D eigenvalue weighted by Gasteiger charge is -2.35. The molecule has 4 heteroatoms. The predicted octanol–water partition coefficient (Wildman–Crippen LogP) is 3.51. The zero-order valence-corrected chi connectivity index (χ0v) is 16.4. The molecule has 0 bridgehead atoms. The first-order valence-electron chi connectivity index (χ1n) is 9.56. The summed E-state index contributed by atoms with van der Waals surface area (Å²) in [4.78, 5) is 28.9. The molecule has 1 aliphatic heterocycles. The van der Waals surface area contributed by atoms with Gasteiger partial charge in [-0.25, -0.2) is 0 Å². The molecule has 2 aromatic rings. The van der Waals surface area contributed by atoms with Gasteiger partial charge in [-0.2, -0.15) is 0 Å². The van der Waals surface area contributed by atoms with Crippen molar-refractivity contribution in [1.29, 1.82) is 0 Å². The highest BCUT2D eigenvalue weighted by atomic mass is 16.2. The number of hydrogen-bond donors (Lipinski definition) is 0. The fourth-order valence-electron chi connectivity index (χ4n) is 3.34. The van der Waals surface area contributed by atoms with E-state index in [4.69, 9.17) is 0 Å². The second-order valence-electron chi connectivity index (χ2n) is 8.16. The molecule has 2 aromatic carbocycles. The van der Waals surface area contributed by atoms with Crippen molar-refractivity contribution in [2.24, 2.45) is 0 Å². The highest BCUT2D eigenvalue weighted by Crippen LogP contribution is 2.22. The van der Waals surface area contributed by atoms with Crippen LogP contribution in [0.3, 0.4) is 0 Å². The van der Waals surface area contributed by atoms with Crippen LogP contribution in [0.5, 0.6) is 0 Å². The zero-order valence-electron chi connectivity index (χ0n) is 16.4. The number of benzene rings is 2. The van der Waals surface area contributed by atoms with Crippen LogP contribution in [0, 0.1) is 0 Å². The number of hydrogen-bond acceptors (Lipinski definition) is 2. The van der Waals surface area contributed by atoms with Gasteiger partial charge in [0.25, 0.3) is 5.91 Å². The lowest BCUT2D eigenvalue weighted by Crippen LogP contribution is -2.51. The standard InChI is InChI=1S/C23H28N2O2/c1-23(2,3)20-11-9-19(10-12-20)22(27)25-15-13-24(14-16-25)21(26)17-18-7-5-4-6-8-18/h4-12H,13-17H2,1-3H3. The third-order valence-electron chi connectivity index (χ3n) is 5.12. The Hall–Kier alpha value is -2.62. The Morgan fingerprint density at radius 3 is 1.93 bits per heavy atom. The van der Waals surface area contributed by atoms with E-state index in [1.165, 1.54) is 5.56 Å². The summed E-state index contributed by atoms with van der Waals surface area (Å²) in [5, 5.41) is 0. The minimum atomic E-state index is 0.0469. The van der Waals surface area contributed by atoms with Crippen molar-refractivity contribution in [3.8, 4) is 0 Å². The summed E-state index contributed by atoms with van der Waals surface area (Å²) < 4.78 is 0. The quantitative estimate of drug-likeness (QED) is 0.836. The van der Waals surface area contributed by atoms with Crippen LogP contribution in [0.4, 0.5) is 0 Å². The molecule has 0 aromatic heterocycles. The van der Waals surface area contributed by atoms with Gasteiger partial charge in [0.15, 0.2) is 0 Å². The van der Waals surface area contributed by atoms with E-state index in [1.54, 1.807) is 0 Å². The third-order valence-corrected chi connectivity index (χ3v) is 5.12. The summed E-state index contributed by atoms with van der Waals surface area (Å²) in [6.07, 6.45) is 0.420.